The van der Waals surface area contributed by atoms with E-state index in [1.807, 2.05) is 11.9 Å². The van der Waals surface area contributed by atoms with Gasteiger partial charge in [0.05, 0.1) is 11.4 Å². The molecule has 0 fully saturated rings. The molecule has 13 heavy (non-hydrogen) atoms. The minimum Gasteiger partial charge on any atom is -0.337 e. The topological polar surface area (TPSA) is 31.9 Å². The third kappa shape index (κ3) is 1.41. The Morgan fingerprint density at radius 1 is 1.38 bits per heavy atom. The van der Waals surface area contributed by atoms with Gasteiger partial charge in [0.25, 0.3) is 0 Å². The van der Waals surface area contributed by atoms with E-state index in [2.05, 4.69) is 9.97 Å². The van der Waals surface area contributed by atoms with Crippen LogP contribution in [-0.4, -0.2) is 21.9 Å². The van der Waals surface area contributed by atoms with Crippen LogP contribution in [0.5, 0.6) is 0 Å². The SMILES string of the molecule is CN1Cc2nc(C(F)(F)F)[nH]c2C1. The highest BCUT2D eigenvalue weighted by atomic mass is 19.4. The van der Waals surface area contributed by atoms with Gasteiger partial charge < -0.3 is 4.98 Å². The van der Waals surface area contributed by atoms with Crippen molar-refractivity contribution in [3.8, 4) is 0 Å². The van der Waals surface area contributed by atoms with Gasteiger partial charge in [-0.15, -0.1) is 0 Å². The minimum absolute atomic E-state index is 0.488. The molecule has 0 aromatic carbocycles. The fourth-order valence-corrected chi connectivity index (χ4v) is 1.42. The van der Waals surface area contributed by atoms with Gasteiger partial charge in [0, 0.05) is 13.1 Å². The van der Waals surface area contributed by atoms with Crippen molar-refractivity contribution in [3.63, 3.8) is 0 Å². The van der Waals surface area contributed by atoms with Crippen molar-refractivity contribution < 1.29 is 13.2 Å². The number of nitrogens with zero attached hydrogens (tertiary/aromatic N) is 2. The number of hydrogen-bond acceptors (Lipinski definition) is 2. The second-order valence-corrected chi connectivity index (χ2v) is 3.18. The summed E-state index contributed by atoms with van der Waals surface area (Å²) in [6.45, 7) is 1.00. The first-order chi connectivity index (χ1) is 5.97. The number of rotatable bonds is 0. The van der Waals surface area contributed by atoms with Gasteiger partial charge in [-0.25, -0.2) is 4.98 Å². The summed E-state index contributed by atoms with van der Waals surface area (Å²) in [5.41, 5.74) is 1.09. The highest BCUT2D eigenvalue weighted by molar-refractivity contribution is 5.19. The molecule has 0 saturated carbocycles. The number of aromatic nitrogens is 2. The van der Waals surface area contributed by atoms with Crippen LogP contribution in [0.15, 0.2) is 0 Å². The zero-order valence-electron chi connectivity index (χ0n) is 6.94. The van der Waals surface area contributed by atoms with Gasteiger partial charge in [-0.2, -0.15) is 13.2 Å². The average molecular weight is 191 g/mol. The molecule has 0 aliphatic carbocycles. The van der Waals surface area contributed by atoms with Crippen LogP contribution in [0.3, 0.4) is 0 Å². The van der Waals surface area contributed by atoms with Crippen LogP contribution in [0.4, 0.5) is 13.2 Å². The maximum absolute atomic E-state index is 12.1. The second-order valence-electron chi connectivity index (χ2n) is 3.18. The van der Waals surface area contributed by atoms with Gasteiger partial charge in [-0.05, 0) is 7.05 Å². The van der Waals surface area contributed by atoms with E-state index >= 15 is 0 Å². The molecule has 1 N–H and O–H groups in total. The van der Waals surface area contributed by atoms with Crippen LogP contribution in [0.1, 0.15) is 17.2 Å². The summed E-state index contributed by atoms with van der Waals surface area (Å²) in [6, 6.07) is 0. The summed E-state index contributed by atoms with van der Waals surface area (Å²) in [5, 5.41) is 0. The quantitative estimate of drug-likeness (QED) is 0.671. The number of hydrogen-bond donors (Lipinski definition) is 1. The van der Waals surface area contributed by atoms with Crippen LogP contribution < -0.4 is 0 Å². The predicted octanol–water partition coefficient (Wildman–Crippen LogP) is 1.37. The predicted molar refractivity (Wildman–Crippen MR) is 38.8 cm³/mol. The number of aromatic amines is 1. The minimum atomic E-state index is -4.36. The van der Waals surface area contributed by atoms with Crippen molar-refractivity contribution in [1.82, 2.24) is 14.9 Å². The van der Waals surface area contributed by atoms with Crippen molar-refractivity contribution in [2.45, 2.75) is 19.3 Å². The first kappa shape index (κ1) is 8.55. The summed E-state index contributed by atoms with van der Waals surface area (Å²) in [7, 11) is 1.84. The van der Waals surface area contributed by atoms with Crippen molar-refractivity contribution in [3.05, 3.63) is 17.2 Å². The van der Waals surface area contributed by atoms with Crippen molar-refractivity contribution in [2.24, 2.45) is 0 Å². The van der Waals surface area contributed by atoms with Crippen LogP contribution in [-0.2, 0) is 19.3 Å². The molecule has 1 aliphatic rings. The Labute approximate surface area is 72.6 Å². The van der Waals surface area contributed by atoms with E-state index in [1.54, 1.807) is 0 Å². The summed E-state index contributed by atoms with van der Waals surface area (Å²) >= 11 is 0. The van der Waals surface area contributed by atoms with Gasteiger partial charge >= 0.3 is 6.18 Å². The summed E-state index contributed by atoms with van der Waals surface area (Å²) < 4.78 is 36.4. The normalized spacial score (nSPS) is 17.8. The molecular formula is C7H8F3N3. The second kappa shape index (κ2) is 2.47. The number of H-pyrrole nitrogens is 1. The molecule has 0 atom stereocenters. The molecule has 2 rings (SSSR count). The fourth-order valence-electron chi connectivity index (χ4n) is 1.42. The number of alkyl halides is 3. The molecule has 72 valence electrons. The standard InChI is InChI=1S/C7H8F3N3/c1-13-2-4-5(3-13)12-6(11-4)7(8,9)10/h2-3H2,1H3,(H,11,12). The Bertz CT molecular complexity index is 305. The van der Waals surface area contributed by atoms with E-state index in [0.29, 0.717) is 24.5 Å². The third-order valence-electron chi connectivity index (χ3n) is 1.98. The van der Waals surface area contributed by atoms with Crippen LogP contribution in [0, 0.1) is 0 Å². The lowest BCUT2D eigenvalue weighted by molar-refractivity contribution is -0.144. The molecular weight excluding hydrogens is 183 g/mol. The average Bonchev–Trinajstić information content (AvgIpc) is 2.40. The van der Waals surface area contributed by atoms with E-state index < -0.39 is 12.0 Å². The number of nitrogens with one attached hydrogen (secondary N) is 1. The van der Waals surface area contributed by atoms with E-state index in [1.165, 1.54) is 0 Å². The molecule has 0 amide bonds. The monoisotopic (exact) mass is 191 g/mol. The Hall–Kier alpha value is -1.04. The largest absolute Gasteiger partial charge is 0.449 e. The zero-order chi connectivity index (χ0) is 9.64. The lowest BCUT2D eigenvalue weighted by Gasteiger charge is -2.06. The summed E-state index contributed by atoms with van der Waals surface area (Å²) in [5.74, 6) is -0.884. The van der Waals surface area contributed by atoms with Gasteiger partial charge in [0.2, 0.25) is 5.82 Å². The highest BCUT2D eigenvalue weighted by Crippen LogP contribution is 2.29. The Kier molecular flexibility index (Phi) is 1.63. The molecule has 0 bridgehead atoms. The lowest BCUT2D eigenvalue weighted by atomic mass is 10.4. The maximum atomic E-state index is 12.1. The highest BCUT2D eigenvalue weighted by Gasteiger charge is 2.36. The number of halogens is 3. The smallest absolute Gasteiger partial charge is 0.337 e. The molecule has 0 saturated heterocycles. The van der Waals surface area contributed by atoms with Crippen LogP contribution >= 0.6 is 0 Å². The van der Waals surface area contributed by atoms with Crippen LogP contribution in [0.25, 0.3) is 0 Å². The Morgan fingerprint density at radius 3 is 2.62 bits per heavy atom. The Morgan fingerprint density at radius 2 is 2.08 bits per heavy atom. The van der Waals surface area contributed by atoms with E-state index in [9.17, 15) is 13.2 Å². The third-order valence-corrected chi connectivity index (χ3v) is 1.98. The van der Waals surface area contributed by atoms with Gasteiger partial charge in [-0.3, -0.25) is 4.90 Å². The number of fused-ring (bicyclic) bond motifs is 1. The molecule has 1 aromatic heterocycles. The first-order valence-electron chi connectivity index (χ1n) is 3.80. The van der Waals surface area contributed by atoms with Gasteiger partial charge in [0.1, 0.15) is 0 Å². The van der Waals surface area contributed by atoms with Gasteiger partial charge in [0.15, 0.2) is 0 Å². The van der Waals surface area contributed by atoms with Crippen molar-refractivity contribution >= 4 is 0 Å². The first-order valence-corrected chi connectivity index (χ1v) is 3.80. The molecule has 1 aliphatic heterocycles. The molecule has 0 spiro atoms. The summed E-state index contributed by atoms with van der Waals surface area (Å²) in [6.07, 6.45) is -4.36. The molecule has 6 heteroatoms. The van der Waals surface area contributed by atoms with E-state index in [-0.39, 0.29) is 0 Å². The number of imidazole rings is 1. The maximum Gasteiger partial charge on any atom is 0.449 e. The molecule has 3 nitrogen and oxygen atoms in total. The molecule has 0 radical (unpaired) electrons. The molecule has 0 unspecified atom stereocenters. The fraction of sp³-hybridized carbons (Fsp3) is 0.571. The van der Waals surface area contributed by atoms with Crippen molar-refractivity contribution in [2.75, 3.05) is 7.05 Å². The van der Waals surface area contributed by atoms with E-state index in [0.717, 1.165) is 0 Å². The summed E-state index contributed by atoms with van der Waals surface area (Å²) in [4.78, 5) is 7.67. The lowest BCUT2D eigenvalue weighted by Crippen LogP contribution is -2.12. The Balaban J connectivity index is 2.32. The molecule has 2 heterocycles. The van der Waals surface area contributed by atoms with Crippen LogP contribution in [0.2, 0.25) is 0 Å². The van der Waals surface area contributed by atoms with Crippen molar-refractivity contribution in [1.29, 1.82) is 0 Å². The van der Waals surface area contributed by atoms with Gasteiger partial charge in [-0.1, -0.05) is 0 Å². The zero-order valence-corrected chi connectivity index (χ0v) is 6.94. The molecule has 1 aromatic rings. The van der Waals surface area contributed by atoms with E-state index in [4.69, 9.17) is 0 Å².